The van der Waals surface area contributed by atoms with E-state index < -0.39 is 0 Å². The number of hydrogen-bond donors (Lipinski definition) is 0. The van der Waals surface area contributed by atoms with Crippen molar-refractivity contribution in [1.29, 1.82) is 0 Å². The van der Waals surface area contributed by atoms with Crippen molar-refractivity contribution in [3.05, 3.63) is 176 Å². The van der Waals surface area contributed by atoms with Crippen molar-refractivity contribution in [3.8, 4) is 17.1 Å². The van der Waals surface area contributed by atoms with E-state index in [1.54, 1.807) is 0 Å². The van der Waals surface area contributed by atoms with Crippen LogP contribution < -0.4 is 0 Å². The molecule has 0 saturated heterocycles. The quantitative estimate of drug-likeness (QED) is 0.177. The summed E-state index contributed by atoms with van der Waals surface area (Å²) in [6.07, 6.45) is 0. The lowest BCUT2D eigenvalue weighted by molar-refractivity contribution is 1.16. The fourth-order valence-electron chi connectivity index (χ4n) is 8.90. The number of nitrogens with zero attached hydrogens (tertiary/aromatic N) is 3. The summed E-state index contributed by atoms with van der Waals surface area (Å²) in [5.74, 6) is 0. The first-order chi connectivity index (χ1) is 25.8. The smallest absolute Gasteiger partial charge is 0.0641 e. The van der Waals surface area contributed by atoms with Gasteiger partial charge in [0.05, 0.1) is 43.5 Å². The van der Waals surface area contributed by atoms with Crippen LogP contribution in [0, 0.1) is 0 Å². The lowest BCUT2D eigenvalue weighted by atomic mass is 10.1. The molecule has 52 heavy (non-hydrogen) atoms. The summed E-state index contributed by atoms with van der Waals surface area (Å²) in [5.41, 5.74) is 10.8. The molecule has 0 aliphatic carbocycles. The van der Waals surface area contributed by atoms with Gasteiger partial charge < -0.3 is 13.7 Å². The van der Waals surface area contributed by atoms with Gasteiger partial charge in [0.2, 0.25) is 0 Å². The summed E-state index contributed by atoms with van der Waals surface area (Å²) >= 11 is 1.88. The Labute approximate surface area is 302 Å². The molecule has 4 heteroatoms. The molecule has 0 radical (unpaired) electrons. The number of rotatable bonds is 3. The van der Waals surface area contributed by atoms with Gasteiger partial charge in [0.1, 0.15) is 0 Å². The Morgan fingerprint density at radius 2 is 0.923 bits per heavy atom. The second-order valence-corrected chi connectivity index (χ2v) is 14.8. The Morgan fingerprint density at radius 3 is 1.73 bits per heavy atom. The van der Waals surface area contributed by atoms with Crippen LogP contribution in [0.2, 0.25) is 0 Å². The molecule has 0 bridgehead atoms. The third-order valence-corrected chi connectivity index (χ3v) is 12.2. The minimum absolute atomic E-state index is 1.15. The van der Waals surface area contributed by atoms with Crippen molar-refractivity contribution >= 4 is 96.9 Å². The van der Waals surface area contributed by atoms with Crippen LogP contribution in [-0.4, -0.2) is 13.7 Å². The Bertz CT molecular complexity index is 3410. The largest absolute Gasteiger partial charge is 0.309 e. The van der Waals surface area contributed by atoms with Crippen molar-refractivity contribution in [2.24, 2.45) is 0 Å². The van der Waals surface area contributed by atoms with Gasteiger partial charge in [0.25, 0.3) is 0 Å². The highest BCUT2D eigenvalue weighted by Crippen LogP contribution is 2.45. The van der Waals surface area contributed by atoms with Crippen LogP contribution in [0.3, 0.4) is 0 Å². The molecule has 0 spiro atoms. The molecule has 0 saturated carbocycles. The van der Waals surface area contributed by atoms with Crippen molar-refractivity contribution in [3.63, 3.8) is 0 Å². The topological polar surface area (TPSA) is 14.8 Å². The summed E-state index contributed by atoms with van der Waals surface area (Å²) < 4.78 is 10.0. The fourth-order valence-corrected chi connectivity index (χ4v) is 10.1. The maximum absolute atomic E-state index is 2.51. The molecule has 12 aromatic rings. The van der Waals surface area contributed by atoms with Gasteiger partial charge in [-0.05, 0) is 60.7 Å². The highest BCUT2D eigenvalue weighted by Gasteiger charge is 2.23. The molecule has 3 nitrogen and oxygen atoms in total. The maximum Gasteiger partial charge on any atom is 0.0641 e. The Morgan fingerprint density at radius 1 is 0.327 bits per heavy atom. The number of aromatic nitrogens is 3. The van der Waals surface area contributed by atoms with Crippen LogP contribution in [0.5, 0.6) is 0 Å². The monoisotopic (exact) mass is 679 g/mol. The molecule has 242 valence electrons. The molecule has 4 heterocycles. The minimum atomic E-state index is 1.15. The molecule has 8 aromatic carbocycles. The average Bonchev–Trinajstić information content (AvgIpc) is 3.94. The van der Waals surface area contributed by atoms with Crippen LogP contribution in [0.15, 0.2) is 176 Å². The van der Waals surface area contributed by atoms with Crippen LogP contribution in [0.25, 0.3) is 103 Å². The molecule has 4 aromatic heterocycles. The van der Waals surface area contributed by atoms with Crippen LogP contribution in [0.4, 0.5) is 0 Å². The SMILES string of the molecule is c1ccc(-n2c3ccccc3c3ccc(-n4c5ccccc5c5ccc6c(c7ccccc7n6-c6cccc7c6sc6ccccc67)c54)cc32)cc1. The first-order valence-electron chi connectivity index (χ1n) is 17.8. The molecule has 0 atom stereocenters. The standard InChI is InChI=1S/C48H29N3S/c1-2-13-30(14-3-1)49-39-20-8-4-15-32(39)34-26-25-31(29-44(34)49)50-40-21-9-5-16-33(40)36-27-28-42-46(47(36)50)38-18-6-10-22-41(38)51(42)43-23-12-19-37-35-17-7-11-24-45(35)52-48(37)43/h1-29H. The second kappa shape index (κ2) is 10.5. The molecular formula is C48H29N3S. The van der Waals surface area contributed by atoms with E-state index in [0.717, 1.165) is 11.4 Å². The van der Waals surface area contributed by atoms with Crippen molar-refractivity contribution in [2.45, 2.75) is 0 Å². The molecule has 0 aliphatic heterocycles. The Kier molecular flexibility index (Phi) is 5.65. The zero-order chi connectivity index (χ0) is 33.9. The normalized spacial score (nSPS) is 12.2. The summed E-state index contributed by atoms with van der Waals surface area (Å²) in [5, 5.41) is 10.2. The first-order valence-corrected chi connectivity index (χ1v) is 18.6. The number of thiophene rings is 1. The lowest BCUT2D eigenvalue weighted by Crippen LogP contribution is -1.97. The van der Waals surface area contributed by atoms with Gasteiger partial charge in [0.15, 0.2) is 0 Å². The predicted molar refractivity (Wildman–Crippen MR) is 222 cm³/mol. The number of benzene rings is 8. The number of hydrogen-bond acceptors (Lipinski definition) is 1. The van der Waals surface area contributed by atoms with E-state index in [-0.39, 0.29) is 0 Å². The van der Waals surface area contributed by atoms with Crippen LogP contribution in [-0.2, 0) is 0 Å². The summed E-state index contributed by atoms with van der Waals surface area (Å²) in [6, 6.07) is 64.6. The van der Waals surface area contributed by atoms with Gasteiger partial charge >= 0.3 is 0 Å². The zero-order valence-corrected chi connectivity index (χ0v) is 28.8. The van der Waals surface area contributed by atoms with Gasteiger partial charge in [-0.3, -0.25) is 0 Å². The minimum Gasteiger partial charge on any atom is -0.309 e. The number of fused-ring (bicyclic) bond motifs is 13. The highest BCUT2D eigenvalue weighted by molar-refractivity contribution is 7.26. The van der Waals surface area contributed by atoms with E-state index in [4.69, 9.17) is 0 Å². The first kappa shape index (κ1) is 28.1. The van der Waals surface area contributed by atoms with E-state index >= 15 is 0 Å². The van der Waals surface area contributed by atoms with Gasteiger partial charge in [-0.15, -0.1) is 11.3 Å². The maximum atomic E-state index is 2.51. The summed E-state index contributed by atoms with van der Waals surface area (Å²) in [4.78, 5) is 0. The molecule has 0 aliphatic rings. The van der Waals surface area contributed by atoms with Gasteiger partial charge in [-0.25, -0.2) is 0 Å². The highest BCUT2D eigenvalue weighted by atomic mass is 32.1. The third kappa shape index (κ3) is 3.69. The Hall–Kier alpha value is -6.62. The van der Waals surface area contributed by atoms with E-state index in [9.17, 15) is 0 Å². The summed E-state index contributed by atoms with van der Waals surface area (Å²) in [6.45, 7) is 0. The van der Waals surface area contributed by atoms with Crippen molar-refractivity contribution < 1.29 is 0 Å². The second-order valence-electron chi connectivity index (χ2n) is 13.7. The van der Waals surface area contributed by atoms with Gasteiger partial charge in [-0.2, -0.15) is 0 Å². The molecule has 0 N–H and O–H groups in total. The fraction of sp³-hybridized carbons (Fsp3) is 0. The molecule has 12 rings (SSSR count). The molecular weight excluding hydrogens is 651 g/mol. The van der Waals surface area contributed by atoms with Crippen LogP contribution in [0.1, 0.15) is 0 Å². The predicted octanol–water partition coefficient (Wildman–Crippen LogP) is 13.3. The molecule has 0 amide bonds. The molecule has 0 fully saturated rings. The van der Waals surface area contributed by atoms with Gasteiger partial charge in [0, 0.05) is 59.2 Å². The summed E-state index contributed by atoms with van der Waals surface area (Å²) in [7, 11) is 0. The van der Waals surface area contributed by atoms with E-state index in [1.165, 1.54) is 91.3 Å². The van der Waals surface area contributed by atoms with Crippen molar-refractivity contribution in [2.75, 3.05) is 0 Å². The van der Waals surface area contributed by atoms with E-state index in [1.807, 2.05) is 11.3 Å². The zero-order valence-electron chi connectivity index (χ0n) is 28.0. The Balaban J connectivity index is 1.23. The lowest BCUT2D eigenvalue weighted by Gasteiger charge is -2.12. The van der Waals surface area contributed by atoms with Gasteiger partial charge in [-0.1, -0.05) is 115 Å². The van der Waals surface area contributed by atoms with E-state index in [0.29, 0.717) is 0 Å². The van der Waals surface area contributed by atoms with Crippen molar-refractivity contribution in [1.82, 2.24) is 13.7 Å². The van der Waals surface area contributed by atoms with Crippen LogP contribution >= 0.6 is 11.3 Å². The molecule has 0 unspecified atom stereocenters. The number of para-hydroxylation sites is 4. The third-order valence-electron chi connectivity index (χ3n) is 11.0. The van der Waals surface area contributed by atoms with E-state index in [2.05, 4.69) is 190 Å². The average molecular weight is 680 g/mol.